The zero-order valence-electron chi connectivity index (χ0n) is 8.57. The molecule has 0 spiro atoms. The molecule has 0 atom stereocenters. The van der Waals surface area contributed by atoms with Gasteiger partial charge in [0.15, 0.2) is 0 Å². The third-order valence-corrected chi connectivity index (χ3v) is 2.98. The summed E-state index contributed by atoms with van der Waals surface area (Å²) >= 11 is 3.48. The van der Waals surface area contributed by atoms with Crippen molar-refractivity contribution in [3.63, 3.8) is 0 Å². The molecule has 0 aliphatic rings. The molecule has 1 aromatic carbocycles. The molecule has 1 aromatic heterocycles. The summed E-state index contributed by atoms with van der Waals surface area (Å²) in [5.74, 6) is 0. The van der Waals surface area contributed by atoms with Crippen LogP contribution in [0.5, 0.6) is 0 Å². The largest absolute Gasteiger partial charge is 0.264 e. The van der Waals surface area contributed by atoms with E-state index in [1.807, 2.05) is 12.4 Å². The molecular formula is C13H12BrN. The summed E-state index contributed by atoms with van der Waals surface area (Å²) in [6, 6.07) is 10.6. The van der Waals surface area contributed by atoms with Crippen molar-refractivity contribution in [3.8, 4) is 11.1 Å². The Morgan fingerprint density at radius 2 is 2.13 bits per heavy atom. The second-order valence-electron chi connectivity index (χ2n) is 3.54. The number of alkyl halides is 1. The van der Waals surface area contributed by atoms with E-state index < -0.39 is 0 Å². The molecule has 0 aliphatic carbocycles. The highest BCUT2D eigenvalue weighted by Crippen LogP contribution is 2.25. The first-order valence-electron chi connectivity index (χ1n) is 4.87. The van der Waals surface area contributed by atoms with Gasteiger partial charge in [-0.05, 0) is 29.7 Å². The third-order valence-electron chi connectivity index (χ3n) is 2.38. The summed E-state index contributed by atoms with van der Waals surface area (Å²) in [4.78, 5) is 4.13. The zero-order valence-corrected chi connectivity index (χ0v) is 10.2. The van der Waals surface area contributed by atoms with Crippen molar-refractivity contribution >= 4 is 15.9 Å². The van der Waals surface area contributed by atoms with Crippen molar-refractivity contribution in [1.29, 1.82) is 0 Å². The van der Waals surface area contributed by atoms with E-state index in [0.717, 1.165) is 5.33 Å². The fourth-order valence-corrected chi connectivity index (χ4v) is 2.07. The standard InChI is InChI=1S/C13H12BrN/c1-10-3-2-4-11(7-10)13-5-6-15-9-12(13)8-14/h2-7,9H,8H2,1H3. The predicted molar refractivity (Wildman–Crippen MR) is 67.0 cm³/mol. The van der Waals surface area contributed by atoms with Crippen LogP contribution in [0, 0.1) is 6.92 Å². The van der Waals surface area contributed by atoms with Gasteiger partial charge >= 0.3 is 0 Å². The van der Waals surface area contributed by atoms with Crippen molar-refractivity contribution < 1.29 is 0 Å². The monoisotopic (exact) mass is 261 g/mol. The lowest BCUT2D eigenvalue weighted by Crippen LogP contribution is -1.87. The first kappa shape index (κ1) is 10.4. The van der Waals surface area contributed by atoms with Crippen LogP contribution in [0.3, 0.4) is 0 Å². The molecule has 1 nitrogen and oxygen atoms in total. The van der Waals surface area contributed by atoms with E-state index in [1.54, 1.807) is 0 Å². The minimum Gasteiger partial charge on any atom is -0.264 e. The highest BCUT2D eigenvalue weighted by atomic mass is 79.9. The van der Waals surface area contributed by atoms with E-state index in [9.17, 15) is 0 Å². The second-order valence-corrected chi connectivity index (χ2v) is 4.10. The van der Waals surface area contributed by atoms with Gasteiger partial charge in [-0.1, -0.05) is 45.8 Å². The first-order chi connectivity index (χ1) is 7.31. The first-order valence-corrected chi connectivity index (χ1v) is 5.99. The van der Waals surface area contributed by atoms with Crippen LogP contribution in [-0.4, -0.2) is 4.98 Å². The Morgan fingerprint density at radius 3 is 2.87 bits per heavy atom. The molecule has 0 bridgehead atoms. The Hall–Kier alpha value is -1.15. The van der Waals surface area contributed by atoms with Gasteiger partial charge in [0.25, 0.3) is 0 Å². The van der Waals surface area contributed by atoms with Gasteiger partial charge in [0, 0.05) is 17.7 Å². The maximum absolute atomic E-state index is 4.13. The Balaban J connectivity index is 2.53. The molecule has 0 aliphatic heterocycles. The highest BCUT2D eigenvalue weighted by molar-refractivity contribution is 9.08. The van der Waals surface area contributed by atoms with E-state index in [4.69, 9.17) is 0 Å². The van der Waals surface area contributed by atoms with Crippen LogP contribution in [0.2, 0.25) is 0 Å². The zero-order chi connectivity index (χ0) is 10.7. The van der Waals surface area contributed by atoms with Gasteiger partial charge in [0.05, 0.1) is 0 Å². The van der Waals surface area contributed by atoms with Crippen molar-refractivity contribution in [2.24, 2.45) is 0 Å². The quantitative estimate of drug-likeness (QED) is 0.747. The van der Waals surface area contributed by atoms with Gasteiger partial charge in [0.2, 0.25) is 0 Å². The molecule has 1 heterocycles. The Morgan fingerprint density at radius 1 is 1.27 bits per heavy atom. The van der Waals surface area contributed by atoms with Crippen LogP contribution in [0.25, 0.3) is 11.1 Å². The van der Waals surface area contributed by atoms with E-state index in [-0.39, 0.29) is 0 Å². The molecule has 2 rings (SSSR count). The minimum absolute atomic E-state index is 0.837. The van der Waals surface area contributed by atoms with Crippen LogP contribution >= 0.6 is 15.9 Å². The van der Waals surface area contributed by atoms with Crippen LogP contribution < -0.4 is 0 Å². The SMILES string of the molecule is Cc1cccc(-c2ccncc2CBr)c1. The average molecular weight is 262 g/mol. The molecule has 0 saturated heterocycles. The lowest BCUT2D eigenvalue weighted by atomic mass is 10.0. The van der Waals surface area contributed by atoms with E-state index in [2.05, 4.69) is 58.2 Å². The topological polar surface area (TPSA) is 12.9 Å². The average Bonchev–Trinajstić information content (AvgIpc) is 2.29. The van der Waals surface area contributed by atoms with Gasteiger partial charge in [-0.15, -0.1) is 0 Å². The summed E-state index contributed by atoms with van der Waals surface area (Å²) < 4.78 is 0. The molecule has 15 heavy (non-hydrogen) atoms. The van der Waals surface area contributed by atoms with Gasteiger partial charge in [-0.2, -0.15) is 0 Å². The van der Waals surface area contributed by atoms with Crippen molar-refractivity contribution in [2.45, 2.75) is 12.3 Å². The number of aryl methyl sites for hydroxylation is 1. The summed E-state index contributed by atoms with van der Waals surface area (Å²) in [7, 11) is 0. The maximum Gasteiger partial charge on any atom is 0.0314 e. The molecule has 0 N–H and O–H groups in total. The van der Waals surface area contributed by atoms with Gasteiger partial charge in [0.1, 0.15) is 0 Å². The molecule has 0 saturated carbocycles. The lowest BCUT2D eigenvalue weighted by Gasteiger charge is -2.07. The molecule has 2 heteroatoms. The number of halogens is 1. The summed E-state index contributed by atoms with van der Waals surface area (Å²) in [6.45, 7) is 2.11. The van der Waals surface area contributed by atoms with Gasteiger partial charge in [-0.3, -0.25) is 4.98 Å². The third kappa shape index (κ3) is 2.26. The number of hydrogen-bond donors (Lipinski definition) is 0. The molecule has 76 valence electrons. The fourth-order valence-electron chi connectivity index (χ4n) is 1.63. The minimum atomic E-state index is 0.837. The number of hydrogen-bond acceptors (Lipinski definition) is 1. The lowest BCUT2D eigenvalue weighted by molar-refractivity contribution is 1.26. The predicted octanol–water partition coefficient (Wildman–Crippen LogP) is 3.95. The number of rotatable bonds is 2. The highest BCUT2D eigenvalue weighted by Gasteiger charge is 2.03. The summed E-state index contributed by atoms with van der Waals surface area (Å²) in [6.07, 6.45) is 3.75. The summed E-state index contributed by atoms with van der Waals surface area (Å²) in [5.41, 5.74) is 5.02. The van der Waals surface area contributed by atoms with E-state index >= 15 is 0 Å². The van der Waals surface area contributed by atoms with Crippen molar-refractivity contribution in [3.05, 3.63) is 53.9 Å². The Kier molecular flexibility index (Phi) is 3.17. The fraction of sp³-hybridized carbons (Fsp3) is 0.154. The molecule has 2 aromatic rings. The second kappa shape index (κ2) is 4.58. The molecule has 0 fully saturated rings. The molecule has 0 unspecified atom stereocenters. The smallest absolute Gasteiger partial charge is 0.0314 e. The Bertz CT molecular complexity index is 466. The van der Waals surface area contributed by atoms with Crippen molar-refractivity contribution in [2.75, 3.05) is 0 Å². The van der Waals surface area contributed by atoms with E-state index in [1.165, 1.54) is 22.3 Å². The van der Waals surface area contributed by atoms with Crippen LogP contribution in [0.4, 0.5) is 0 Å². The molecular weight excluding hydrogens is 250 g/mol. The number of pyridine rings is 1. The van der Waals surface area contributed by atoms with Crippen molar-refractivity contribution in [1.82, 2.24) is 4.98 Å². The summed E-state index contributed by atoms with van der Waals surface area (Å²) in [5, 5.41) is 0.837. The number of aromatic nitrogens is 1. The normalized spacial score (nSPS) is 10.3. The van der Waals surface area contributed by atoms with Crippen LogP contribution in [0.15, 0.2) is 42.7 Å². The van der Waals surface area contributed by atoms with E-state index in [0.29, 0.717) is 0 Å². The van der Waals surface area contributed by atoms with Crippen LogP contribution in [-0.2, 0) is 5.33 Å². The number of benzene rings is 1. The molecule has 0 radical (unpaired) electrons. The van der Waals surface area contributed by atoms with Gasteiger partial charge in [-0.25, -0.2) is 0 Å². The molecule has 0 amide bonds. The number of nitrogens with zero attached hydrogens (tertiary/aromatic N) is 1. The van der Waals surface area contributed by atoms with Gasteiger partial charge < -0.3 is 0 Å². The van der Waals surface area contributed by atoms with Crippen LogP contribution in [0.1, 0.15) is 11.1 Å². The Labute approximate surface area is 98.3 Å². The maximum atomic E-state index is 4.13.